The fourth-order valence-corrected chi connectivity index (χ4v) is 1.50. The summed E-state index contributed by atoms with van der Waals surface area (Å²) >= 11 is 5.87. The first-order chi connectivity index (χ1) is 6.93. The van der Waals surface area contributed by atoms with E-state index in [0.29, 0.717) is 0 Å². The summed E-state index contributed by atoms with van der Waals surface area (Å²) in [4.78, 5) is 1.84. The van der Waals surface area contributed by atoms with Gasteiger partial charge in [-0.15, -0.1) is 12.4 Å². The molecule has 0 aliphatic carbocycles. The Balaban J connectivity index is 0.00000225. The topological polar surface area (TPSA) is 29.3 Å². The highest BCUT2D eigenvalue weighted by Gasteiger charge is 2.20. The molecule has 1 aromatic carbocycles. The van der Waals surface area contributed by atoms with Crippen LogP contribution in [0.4, 0.5) is 14.5 Å². The van der Waals surface area contributed by atoms with Crippen LogP contribution in [0.15, 0.2) is 18.2 Å². The van der Waals surface area contributed by atoms with Gasteiger partial charge in [-0.2, -0.15) is 0 Å². The van der Waals surface area contributed by atoms with Crippen LogP contribution in [0.5, 0.6) is 0 Å². The molecule has 16 heavy (non-hydrogen) atoms. The van der Waals surface area contributed by atoms with Crippen LogP contribution in [-0.4, -0.2) is 20.5 Å². The highest BCUT2D eigenvalue weighted by atomic mass is 35.5. The molecule has 1 aromatic rings. The van der Waals surface area contributed by atoms with Gasteiger partial charge >= 0.3 is 0 Å². The fourth-order valence-electron chi connectivity index (χ4n) is 1.20. The molecule has 0 radical (unpaired) electrons. The highest BCUT2D eigenvalue weighted by Crippen LogP contribution is 2.28. The second-order valence-corrected chi connectivity index (χ2v) is 3.87. The highest BCUT2D eigenvalue weighted by molar-refractivity contribution is 6.31. The molecule has 6 heteroatoms. The summed E-state index contributed by atoms with van der Waals surface area (Å²) in [6.45, 7) is 0. The Morgan fingerprint density at radius 3 is 2.25 bits per heavy atom. The van der Waals surface area contributed by atoms with E-state index < -0.39 is 12.5 Å². The van der Waals surface area contributed by atoms with Crippen molar-refractivity contribution >= 4 is 29.7 Å². The lowest BCUT2D eigenvalue weighted by Gasteiger charge is -2.17. The zero-order chi connectivity index (χ0) is 11.6. The average molecular weight is 271 g/mol. The van der Waals surface area contributed by atoms with E-state index >= 15 is 0 Å². The second kappa shape index (κ2) is 6.23. The van der Waals surface area contributed by atoms with Gasteiger partial charge in [-0.25, -0.2) is 8.78 Å². The van der Waals surface area contributed by atoms with Gasteiger partial charge in [0.2, 0.25) is 0 Å². The van der Waals surface area contributed by atoms with Crippen LogP contribution in [0.25, 0.3) is 0 Å². The van der Waals surface area contributed by atoms with Crippen molar-refractivity contribution in [3.8, 4) is 0 Å². The quantitative estimate of drug-likeness (QED) is 0.915. The molecule has 0 fully saturated rings. The van der Waals surface area contributed by atoms with E-state index in [1.54, 1.807) is 12.1 Å². The number of nitrogens with zero attached hydrogens (tertiary/aromatic N) is 1. The first-order valence-electron chi connectivity index (χ1n) is 4.44. The third-order valence-corrected chi connectivity index (χ3v) is 2.46. The van der Waals surface area contributed by atoms with E-state index in [9.17, 15) is 8.78 Å². The molecule has 0 saturated heterocycles. The molecule has 92 valence electrons. The van der Waals surface area contributed by atoms with Crippen molar-refractivity contribution in [2.45, 2.75) is 12.5 Å². The summed E-state index contributed by atoms with van der Waals surface area (Å²) in [5.41, 5.74) is 6.44. The molecule has 2 N–H and O–H groups in total. The molecular formula is C10H14Cl2F2N2. The predicted octanol–water partition coefficient (Wildman–Crippen LogP) is 3.09. The molecule has 0 spiro atoms. The number of alkyl halides is 2. The Bertz CT molecular complexity index is 346. The third-order valence-electron chi connectivity index (χ3n) is 2.13. The van der Waals surface area contributed by atoms with Crippen molar-refractivity contribution in [2.75, 3.05) is 19.0 Å². The minimum atomic E-state index is -2.60. The van der Waals surface area contributed by atoms with Crippen molar-refractivity contribution in [3.05, 3.63) is 28.8 Å². The first-order valence-corrected chi connectivity index (χ1v) is 4.81. The van der Waals surface area contributed by atoms with Crippen LogP contribution < -0.4 is 10.6 Å². The van der Waals surface area contributed by atoms with Gasteiger partial charge in [0.05, 0.1) is 6.04 Å². The van der Waals surface area contributed by atoms with Gasteiger partial charge in [0.1, 0.15) is 0 Å². The molecule has 1 rings (SSSR count). The Labute approximate surface area is 105 Å². The normalized spacial score (nSPS) is 12.2. The standard InChI is InChI=1S/C10H13ClF2N2.ClH/c1-15(2)6-3-4-7(8(11)5-6)9(14)10(12)13;/h3-5,9-10H,14H2,1-2H3;1H/t9-;/m0./s1. The Hall–Kier alpha value is -0.580. The average Bonchev–Trinajstić information content (AvgIpc) is 2.16. The second-order valence-electron chi connectivity index (χ2n) is 3.46. The largest absolute Gasteiger partial charge is 0.378 e. The van der Waals surface area contributed by atoms with Gasteiger partial charge in [-0.05, 0) is 17.7 Å². The molecular weight excluding hydrogens is 257 g/mol. The lowest BCUT2D eigenvalue weighted by Crippen LogP contribution is -2.19. The number of halogens is 4. The first kappa shape index (κ1) is 15.4. The predicted molar refractivity (Wildman–Crippen MR) is 66.0 cm³/mol. The maximum atomic E-state index is 12.4. The van der Waals surface area contributed by atoms with Crippen molar-refractivity contribution in [3.63, 3.8) is 0 Å². The molecule has 0 aliphatic rings. The number of benzene rings is 1. The van der Waals surface area contributed by atoms with E-state index in [-0.39, 0.29) is 23.0 Å². The third kappa shape index (κ3) is 3.47. The smallest absolute Gasteiger partial charge is 0.257 e. The van der Waals surface area contributed by atoms with Crippen molar-refractivity contribution < 1.29 is 8.78 Å². The van der Waals surface area contributed by atoms with Crippen LogP contribution in [0.1, 0.15) is 11.6 Å². The number of nitrogens with two attached hydrogens (primary N) is 1. The van der Waals surface area contributed by atoms with Gasteiger partial charge in [0, 0.05) is 24.8 Å². The molecule has 0 aliphatic heterocycles. The molecule has 2 nitrogen and oxygen atoms in total. The van der Waals surface area contributed by atoms with Crippen molar-refractivity contribution in [1.29, 1.82) is 0 Å². The summed E-state index contributed by atoms with van der Waals surface area (Å²) in [6.07, 6.45) is -2.60. The van der Waals surface area contributed by atoms with Crippen molar-refractivity contribution in [2.24, 2.45) is 5.73 Å². The maximum Gasteiger partial charge on any atom is 0.257 e. The van der Waals surface area contributed by atoms with Gasteiger partial charge in [-0.3, -0.25) is 0 Å². The van der Waals surface area contributed by atoms with E-state index in [4.69, 9.17) is 17.3 Å². The van der Waals surface area contributed by atoms with E-state index in [1.807, 2.05) is 19.0 Å². The van der Waals surface area contributed by atoms with Gasteiger partial charge in [-0.1, -0.05) is 17.7 Å². The molecule has 0 heterocycles. The molecule has 0 unspecified atom stereocenters. The zero-order valence-electron chi connectivity index (χ0n) is 8.95. The van der Waals surface area contributed by atoms with Crippen molar-refractivity contribution in [1.82, 2.24) is 0 Å². The van der Waals surface area contributed by atoms with E-state index in [0.717, 1.165) is 5.69 Å². The number of hydrogen-bond donors (Lipinski definition) is 1. The maximum absolute atomic E-state index is 12.4. The molecule has 1 atom stereocenters. The summed E-state index contributed by atoms with van der Waals surface area (Å²) in [6, 6.07) is 3.55. The summed E-state index contributed by atoms with van der Waals surface area (Å²) in [5.74, 6) is 0. The van der Waals surface area contributed by atoms with Gasteiger partial charge < -0.3 is 10.6 Å². The van der Waals surface area contributed by atoms with Gasteiger partial charge in [0.15, 0.2) is 0 Å². The number of hydrogen-bond acceptors (Lipinski definition) is 2. The Morgan fingerprint density at radius 1 is 1.31 bits per heavy atom. The molecule has 0 bridgehead atoms. The van der Waals surface area contributed by atoms with Crippen LogP contribution in [0, 0.1) is 0 Å². The molecule has 0 amide bonds. The number of anilines is 1. The zero-order valence-corrected chi connectivity index (χ0v) is 10.5. The SMILES string of the molecule is CN(C)c1ccc([C@H](N)C(F)F)c(Cl)c1.Cl. The fraction of sp³-hybridized carbons (Fsp3) is 0.400. The monoisotopic (exact) mass is 270 g/mol. The summed E-state index contributed by atoms with van der Waals surface area (Å²) < 4.78 is 24.7. The van der Waals surface area contributed by atoms with Crippen LogP contribution in [0.2, 0.25) is 5.02 Å². The van der Waals surface area contributed by atoms with E-state index in [1.165, 1.54) is 6.07 Å². The Morgan fingerprint density at radius 2 is 1.88 bits per heavy atom. The Kier molecular flexibility index (Phi) is 6.00. The van der Waals surface area contributed by atoms with E-state index in [2.05, 4.69) is 0 Å². The molecule has 0 aromatic heterocycles. The summed E-state index contributed by atoms with van der Waals surface area (Å²) in [5, 5.41) is 0.272. The van der Waals surface area contributed by atoms with Crippen LogP contribution in [0.3, 0.4) is 0 Å². The van der Waals surface area contributed by atoms with Crippen LogP contribution in [-0.2, 0) is 0 Å². The lowest BCUT2D eigenvalue weighted by atomic mass is 10.1. The summed E-state index contributed by atoms with van der Waals surface area (Å²) in [7, 11) is 3.69. The number of rotatable bonds is 3. The minimum absolute atomic E-state index is 0. The lowest BCUT2D eigenvalue weighted by molar-refractivity contribution is 0.116. The van der Waals surface area contributed by atoms with Crippen LogP contribution >= 0.6 is 24.0 Å². The van der Waals surface area contributed by atoms with Gasteiger partial charge in [0.25, 0.3) is 6.43 Å². The minimum Gasteiger partial charge on any atom is -0.378 e. The molecule has 0 saturated carbocycles.